The Bertz CT molecular complexity index is 797. The third-order valence-electron chi connectivity index (χ3n) is 3.57. The Hall–Kier alpha value is -2.30. The van der Waals surface area contributed by atoms with Crippen LogP contribution in [-0.4, -0.2) is 20.0 Å². The van der Waals surface area contributed by atoms with Gasteiger partial charge in [-0.05, 0) is 37.1 Å². The molecule has 0 aliphatic rings. The maximum atomic E-state index is 6.05. The Kier molecular flexibility index (Phi) is 2.83. The lowest BCUT2D eigenvalue weighted by Crippen LogP contribution is -2.13. The molecule has 110 valence electrons. The highest BCUT2D eigenvalue weighted by Gasteiger charge is 2.26. The van der Waals surface area contributed by atoms with Crippen molar-refractivity contribution >= 4 is 16.9 Å². The van der Waals surface area contributed by atoms with Crippen molar-refractivity contribution in [2.45, 2.75) is 40.0 Å². The number of nitrogen functional groups attached to an aromatic ring is 1. The van der Waals surface area contributed by atoms with Gasteiger partial charge in [0.1, 0.15) is 5.82 Å². The summed E-state index contributed by atoms with van der Waals surface area (Å²) in [5, 5.41) is 12.9. The second-order valence-electron chi connectivity index (χ2n) is 6.69. The van der Waals surface area contributed by atoms with Gasteiger partial charge >= 0.3 is 0 Å². The SMILES string of the molecule is Cc1cc(C)cc(-n2nc(C(C)(C)C)c3c(N)[nH]nc32)c1. The van der Waals surface area contributed by atoms with Crippen LogP contribution in [0.2, 0.25) is 0 Å². The van der Waals surface area contributed by atoms with Crippen LogP contribution in [0, 0.1) is 13.8 Å². The minimum atomic E-state index is -0.0969. The molecule has 2 aromatic heterocycles. The first-order valence-electron chi connectivity index (χ1n) is 7.09. The Morgan fingerprint density at radius 3 is 2.29 bits per heavy atom. The molecule has 0 saturated heterocycles. The topological polar surface area (TPSA) is 72.5 Å². The van der Waals surface area contributed by atoms with Crippen molar-refractivity contribution in [2.75, 3.05) is 5.73 Å². The zero-order valence-corrected chi connectivity index (χ0v) is 13.2. The molecule has 0 spiro atoms. The van der Waals surface area contributed by atoms with Crippen LogP contribution in [0.4, 0.5) is 5.82 Å². The molecule has 0 radical (unpaired) electrons. The average Bonchev–Trinajstić information content (AvgIpc) is 2.88. The van der Waals surface area contributed by atoms with E-state index in [1.807, 2.05) is 4.68 Å². The number of nitrogens with one attached hydrogen (secondary N) is 1. The van der Waals surface area contributed by atoms with E-state index in [0.717, 1.165) is 22.4 Å². The van der Waals surface area contributed by atoms with Gasteiger partial charge in [-0.1, -0.05) is 26.8 Å². The number of rotatable bonds is 1. The van der Waals surface area contributed by atoms with Gasteiger partial charge < -0.3 is 5.73 Å². The highest BCUT2D eigenvalue weighted by Crippen LogP contribution is 2.33. The minimum Gasteiger partial charge on any atom is -0.383 e. The molecule has 0 unspecified atom stereocenters. The molecule has 0 amide bonds. The van der Waals surface area contributed by atoms with Crippen molar-refractivity contribution in [3.05, 3.63) is 35.0 Å². The van der Waals surface area contributed by atoms with Crippen LogP contribution < -0.4 is 5.73 Å². The molecular weight excluding hydrogens is 262 g/mol. The van der Waals surface area contributed by atoms with Crippen LogP contribution in [0.5, 0.6) is 0 Å². The van der Waals surface area contributed by atoms with E-state index in [9.17, 15) is 0 Å². The number of aromatic nitrogens is 4. The number of benzene rings is 1. The average molecular weight is 283 g/mol. The first-order chi connectivity index (χ1) is 9.77. The molecule has 2 heterocycles. The predicted molar refractivity (Wildman–Crippen MR) is 85.8 cm³/mol. The van der Waals surface area contributed by atoms with Crippen molar-refractivity contribution in [3.63, 3.8) is 0 Å². The Balaban J connectivity index is 2.34. The fraction of sp³-hybridized carbons (Fsp3) is 0.375. The number of hydrogen-bond acceptors (Lipinski definition) is 3. The summed E-state index contributed by atoms with van der Waals surface area (Å²) in [5.74, 6) is 0.575. The van der Waals surface area contributed by atoms with E-state index in [0.29, 0.717) is 5.82 Å². The Morgan fingerprint density at radius 1 is 1.10 bits per heavy atom. The molecule has 0 atom stereocenters. The van der Waals surface area contributed by atoms with Crippen LogP contribution >= 0.6 is 0 Å². The number of H-pyrrole nitrogens is 1. The molecule has 1 aromatic carbocycles. The van der Waals surface area contributed by atoms with Crippen molar-refractivity contribution < 1.29 is 0 Å². The van der Waals surface area contributed by atoms with Crippen LogP contribution in [0.25, 0.3) is 16.7 Å². The molecule has 0 aliphatic heterocycles. The maximum absolute atomic E-state index is 6.05. The summed E-state index contributed by atoms with van der Waals surface area (Å²) >= 11 is 0. The molecule has 21 heavy (non-hydrogen) atoms. The highest BCUT2D eigenvalue weighted by molar-refractivity contribution is 5.90. The standard InChI is InChI=1S/C16H21N5/c1-9-6-10(2)8-11(7-9)21-15-12(14(17)18-19-15)13(20-21)16(3,4)5/h6-8H,1-5H3,(H3,17,18,19). The zero-order valence-electron chi connectivity index (χ0n) is 13.2. The first kappa shape index (κ1) is 13.7. The summed E-state index contributed by atoms with van der Waals surface area (Å²) in [7, 11) is 0. The quantitative estimate of drug-likeness (QED) is 0.720. The van der Waals surface area contributed by atoms with E-state index >= 15 is 0 Å². The predicted octanol–water partition coefficient (Wildman–Crippen LogP) is 3.25. The van der Waals surface area contributed by atoms with E-state index in [2.05, 4.69) is 63.0 Å². The van der Waals surface area contributed by atoms with Crippen molar-refractivity contribution in [3.8, 4) is 5.69 Å². The summed E-state index contributed by atoms with van der Waals surface area (Å²) in [4.78, 5) is 0. The monoisotopic (exact) mass is 283 g/mol. The Morgan fingerprint density at radius 2 is 1.71 bits per heavy atom. The van der Waals surface area contributed by atoms with Crippen molar-refractivity contribution in [1.29, 1.82) is 0 Å². The normalized spacial score (nSPS) is 12.2. The molecule has 3 rings (SSSR count). The van der Waals surface area contributed by atoms with E-state index in [4.69, 9.17) is 10.8 Å². The maximum Gasteiger partial charge on any atom is 0.186 e. The number of hydrogen-bond donors (Lipinski definition) is 2. The molecular formula is C16H21N5. The van der Waals surface area contributed by atoms with Gasteiger partial charge in [0.15, 0.2) is 5.65 Å². The number of anilines is 1. The van der Waals surface area contributed by atoms with Gasteiger partial charge in [0.2, 0.25) is 0 Å². The summed E-state index contributed by atoms with van der Waals surface area (Å²) in [6.45, 7) is 10.6. The summed E-state index contributed by atoms with van der Waals surface area (Å²) < 4.78 is 1.88. The van der Waals surface area contributed by atoms with Gasteiger partial charge in [0.25, 0.3) is 0 Å². The zero-order chi connectivity index (χ0) is 15.4. The lowest BCUT2D eigenvalue weighted by atomic mass is 9.91. The number of nitrogens with two attached hydrogens (primary N) is 1. The highest BCUT2D eigenvalue weighted by atomic mass is 15.4. The third-order valence-corrected chi connectivity index (χ3v) is 3.57. The summed E-state index contributed by atoms with van der Waals surface area (Å²) in [6.07, 6.45) is 0. The second kappa shape index (κ2) is 4.35. The van der Waals surface area contributed by atoms with Crippen molar-refractivity contribution in [1.82, 2.24) is 20.0 Å². The fourth-order valence-corrected chi connectivity index (χ4v) is 2.71. The number of aromatic amines is 1. The molecule has 5 nitrogen and oxygen atoms in total. The molecule has 0 bridgehead atoms. The van der Waals surface area contributed by atoms with Gasteiger partial charge in [0.05, 0.1) is 16.8 Å². The molecule has 0 saturated carbocycles. The van der Waals surface area contributed by atoms with Crippen LogP contribution in [-0.2, 0) is 5.41 Å². The summed E-state index contributed by atoms with van der Waals surface area (Å²) in [5.41, 5.74) is 11.1. The smallest absolute Gasteiger partial charge is 0.186 e. The van der Waals surface area contributed by atoms with E-state index in [-0.39, 0.29) is 5.41 Å². The van der Waals surface area contributed by atoms with Gasteiger partial charge in [-0.15, -0.1) is 0 Å². The van der Waals surface area contributed by atoms with Crippen molar-refractivity contribution in [2.24, 2.45) is 0 Å². The van der Waals surface area contributed by atoms with Crippen LogP contribution in [0.15, 0.2) is 18.2 Å². The molecule has 0 aliphatic carbocycles. The third kappa shape index (κ3) is 2.18. The van der Waals surface area contributed by atoms with E-state index in [1.165, 1.54) is 11.1 Å². The number of nitrogens with zero attached hydrogens (tertiary/aromatic N) is 3. The molecule has 3 aromatic rings. The largest absolute Gasteiger partial charge is 0.383 e. The number of fused-ring (bicyclic) bond motifs is 1. The molecule has 5 heteroatoms. The molecule has 0 fully saturated rings. The van der Waals surface area contributed by atoms with Gasteiger partial charge in [0, 0.05) is 5.41 Å². The fourth-order valence-electron chi connectivity index (χ4n) is 2.71. The lowest BCUT2D eigenvalue weighted by Gasteiger charge is -2.15. The van der Waals surface area contributed by atoms with E-state index in [1.54, 1.807) is 0 Å². The van der Waals surface area contributed by atoms with Crippen LogP contribution in [0.1, 0.15) is 37.6 Å². The van der Waals surface area contributed by atoms with Gasteiger partial charge in [-0.25, -0.2) is 4.68 Å². The summed E-state index contributed by atoms with van der Waals surface area (Å²) in [6, 6.07) is 6.36. The lowest BCUT2D eigenvalue weighted by molar-refractivity contribution is 0.564. The second-order valence-corrected chi connectivity index (χ2v) is 6.69. The van der Waals surface area contributed by atoms with Gasteiger partial charge in [-0.3, -0.25) is 5.10 Å². The van der Waals surface area contributed by atoms with Crippen LogP contribution in [0.3, 0.4) is 0 Å². The first-order valence-corrected chi connectivity index (χ1v) is 7.09. The Labute approximate surface area is 124 Å². The van der Waals surface area contributed by atoms with Gasteiger partial charge in [-0.2, -0.15) is 10.2 Å². The molecule has 3 N–H and O–H groups in total. The minimum absolute atomic E-state index is 0.0969. The number of aryl methyl sites for hydroxylation is 2. The van der Waals surface area contributed by atoms with E-state index < -0.39 is 0 Å².